The fourth-order valence-electron chi connectivity index (χ4n) is 4.48. The van der Waals surface area contributed by atoms with Gasteiger partial charge in [0.05, 0.1) is 0 Å². The van der Waals surface area contributed by atoms with Crippen molar-refractivity contribution in [2.45, 2.75) is 26.1 Å². The minimum absolute atomic E-state index is 0.0205. The first-order chi connectivity index (χ1) is 14.5. The molecule has 0 amide bonds. The van der Waals surface area contributed by atoms with Gasteiger partial charge in [-0.05, 0) is 23.0 Å². The van der Waals surface area contributed by atoms with Crippen LogP contribution in [-0.2, 0) is 41.9 Å². The summed E-state index contributed by atoms with van der Waals surface area (Å²) < 4.78 is 10.7. The Morgan fingerprint density at radius 1 is 0.667 bits per heavy atom. The molecule has 2 saturated carbocycles. The van der Waals surface area contributed by atoms with E-state index in [1.807, 2.05) is 60.7 Å². The van der Waals surface area contributed by atoms with Gasteiger partial charge >= 0.3 is 11.9 Å². The molecule has 0 aliphatic heterocycles. The highest BCUT2D eigenvalue weighted by Gasteiger charge is 2.58. The van der Waals surface area contributed by atoms with Gasteiger partial charge in [0.1, 0.15) is 36.6 Å². The van der Waals surface area contributed by atoms with Gasteiger partial charge in [-0.2, -0.15) is 0 Å². The molecule has 4 unspecified atom stereocenters. The van der Waals surface area contributed by atoms with Crippen molar-refractivity contribution in [3.63, 3.8) is 0 Å². The Morgan fingerprint density at radius 2 is 1.03 bits per heavy atom. The van der Waals surface area contributed by atoms with Crippen LogP contribution >= 0.6 is 0 Å². The average Bonchev–Trinajstić information content (AvgIpc) is 3.24. The molecule has 2 fully saturated rings. The second kappa shape index (κ2) is 8.61. The maximum absolute atomic E-state index is 12.6. The van der Waals surface area contributed by atoms with Crippen LogP contribution in [0.5, 0.6) is 0 Å². The molecule has 0 aromatic heterocycles. The van der Waals surface area contributed by atoms with Gasteiger partial charge in [0, 0.05) is 12.8 Å². The van der Waals surface area contributed by atoms with Gasteiger partial charge in [0.2, 0.25) is 0 Å². The summed E-state index contributed by atoms with van der Waals surface area (Å²) in [6.07, 6.45) is 0.0409. The topological polar surface area (TPSA) is 86.7 Å². The predicted molar refractivity (Wildman–Crippen MR) is 106 cm³/mol. The van der Waals surface area contributed by atoms with Gasteiger partial charge < -0.3 is 9.47 Å². The van der Waals surface area contributed by atoms with E-state index in [0.29, 0.717) is 0 Å². The van der Waals surface area contributed by atoms with E-state index in [9.17, 15) is 19.2 Å². The van der Waals surface area contributed by atoms with Crippen molar-refractivity contribution in [2.24, 2.45) is 23.7 Å². The third kappa shape index (κ3) is 4.03. The van der Waals surface area contributed by atoms with Crippen molar-refractivity contribution in [1.82, 2.24) is 0 Å². The van der Waals surface area contributed by atoms with Gasteiger partial charge in [-0.25, -0.2) is 0 Å². The summed E-state index contributed by atoms with van der Waals surface area (Å²) in [6.45, 7) is 0.134. The SMILES string of the molecule is O=C1CC2C(C(=O)OCc3ccccc3)C(=O)CC2C1C(=O)OCc1ccccc1. The van der Waals surface area contributed by atoms with Crippen LogP contribution in [0.15, 0.2) is 60.7 Å². The van der Waals surface area contributed by atoms with E-state index in [1.54, 1.807) is 0 Å². The monoisotopic (exact) mass is 406 g/mol. The summed E-state index contributed by atoms with van der Waals surface area (Å²) in [5, 5.41) is 0. The molecule has 2 aromatic rings. The predicted octanol–water partition coefficient (Wildman–Crippen LogP) is 2.88. The van der Waals surface area contributed by atoms with Crippen LogP contribution in [0.4, 0.5) is 0 Å². The van der Waals surface area contributed by atoms with Gasteiger partial charge in [-0.15, -0.1) is 0 Å². The van der Waals surface area contributed by atoms with Crippen molar-refractivity contribution in [1.29, 1.82) is 0 Å². The normalized spacial score (nSPS) is 25.1. The van der Waals surface area contributed by atoms with E-state index in [4.69, 9.17) is 9.47 Å². The van der Waals surface area contributed by atoms with Crippen LogP contribution in [0, 0.1) is 23.7 Å². The number of Topliss-reactive ketones (excluding diaryl/α,β-unsaturated/α-hetero) is 2. The zero-order valence-electron chi connectivity index (χ0n) is 16.4. The number of carbonyl (C=O) groups excluding carboxylic acids is 4. The van der Waals surface area contributed by atoms with Crippen LogP contribution < -0.4 is 0 Å². The minimum atomic E-state index is -0.991. The Labute approximate surface area is 174 Å². The summed E-state index contributed by atoms with van der Waals surface area (Å²) in [4.78, 5) is 50.3. The van der Waals surface area contributed by atoms with Crippen LogP contribution in [0.25, 0.3) is 0 Å². The molecule has 4 atom stereocenters. The molecule has 0 saturated heterocycles. The van der Waals surface area contributed by atoms with Gasteiger partial charge in [-0.1, -0.05) is 60.7 Å². The van der Waals surface area contributed by atoms with Crippen molar-refractivity contribution in [3.05, 3.63) is 71.8 Å². The van der Waals surface area contributed by atoms with E-state index in [1.165, 1.54) is 0 Å². The molecule has 2 aliphatic rings. The Morgan fingerprint density at radius 3 is 1.40 bits per heavy atom. The lowest BCUT2D eigenvalue weighted by Gasteiger charge is -2.17. The fourth-order valence-corrected chi connectivity index (χ4v) is 4.48. The molecule has 30 heavy (non-hydrogen) atoms. The smallest absolute Gasteiger partial charge is 0.317 e. The Hall–Kier alpha value is -3.28. The summed E-state index contributed by atoms with van der Waals surface area (Å²) >= 11 is 0. The number of ether oxygens (including phenoxy) is 2. The third-order valence-electron chi connectivity index (χ3n) is 5.93. The summed E-state index contributed by atoms with van der Waals surface area (Å²) in [7, 11) is 0. The molecule has 0 bridgehead atoms. The molecule has 6 nitrogen and oxygen atoms in total. The van der Waals surface area contributed by atoms with Gasteiger partial charge in [-0.3, -0.25) is 19.2 Å². The molecule has 2 aliphatic carbocycles. The van der Waals surface area contributed by atoms with Gasteiger partial charge in [0.15, 0.2) is 0 Å². The second-order valence-corrected chi connectivity index (χ2v) is 7.81. The van der Waals surface area contributed by atoms with Crippen LogP contribution in [0.2, 0.25) is 0 Å². The molecular formula is C24H22O6. The quantitative estimate of drug-likeness (QED) is 0.542. The highest BCUT2D eigenvalue weighted by Crippen LogP contribution is 2.48. The Kier molecular flexibility index (Phi) is 5.74. The Balaban J connectivity index is 1.40. The molecule has 0 heterocycles. The maximum atomic E-state index is 12.6. The van der Waals surface area contributed by atoms with E-state index < -0.39 is 35.6 Å². The first-order valence-corrected chi connectivity index (χ1v) is 10.0. The number of benzene rings is 2. The number of ketones is 2. The number of rotatable bonds is 6. The van der Waals surface area contributed by atoms with Crippen LogP contribution in [-0.4, -0.2) is 23.5 Å². The van der Waals surface area contributed by atoms with E-state index in [-0.39, 0.29) is 37.6 Å². The van der Waals surface area contributed by atoms with E-state index in [0.717, 1.165) is 11.1 Å². The fraction of sp³-hybridized carbons (Fsp3) is 0.333. The van der Waals surface area contributed by atoms with E-state index >= 15 is 0 Å². The molecular weight excluding hydrogens is 384 g/mol. The molecule has 154 valence electrons. The highest BCUT2D eigenvalue weighted by molar-refractivity contribution is 6.07. The summed E-state index contributed by atoms with van der Waals surface area (Å²) in [5.74, 6) is -4.76. The molecule has 0 radical (unpaired) electrons. The lowest BCUT2D eigenvalue weighted by Crippen LogP contribution is -2.27. The first kappa shape index (κ1) is 20.0. The molecule has 2 aromatic carbocycles. The standard InChI is InChI=1S/C24H22O6/c25-19-12-18-17(21(19)23(27)29-13-15-7-3-1-4-8-15)11-20(26)22(18)24(28)30-14-16-9-5-2-6-10-16/h1-10,17-18,21-22H,11-14H2. The zero-order valence-corrected chi connectivity index (χ0v) is 16.4. The molecule has 6 heteroatoms. The average molecular weight is 406 g/mol. The summed E-state index contributed by atoms with van der Waals surface area (Å²) in [5.41, 5.74) is 1.63. The van der Waals surface area contributed by atoms with Crippen molar-refractivity contribution in [3.8, 4) is 0 Å². The number of carbonyl (C=O) groups is 4. The largest absolute Gasteiger partial charge is 0.460 e. The van der Waals surface area contributed by atoms with E-state index in [2.05, 4.69) is 0 Å². The van der Waals surface area contributed by atoms with Crippen molar-refractivity contribution < 1.29 is 28.7 Å². The molecule has 4 rings (SSSR count). The maximum Gasteiger partial charge on any atom is 0.317 e. The number of fused-ring (bicyclic) bond motifs is 1. The first-order valence-electron chi connectivity index (χ1n) is 10.0. The van der Waals surface area contributed by atoms with Crippen LogP contribution in [0.3, 0.4) is 0 Å². The van der Waals surface area contributed by atoms with Gasteiger partial charge in [0.25, 0.3) is 0 Å². The third-order valence-corrected chi connectivity index (χ3v) is 5.93. The second-order valence-electron chi connectivity index (χ2n) is 7.81. The lowest BCUT2D eigenvalue weighted by atomic mass is 9.89. The molecule has 0 spiro atoms. The highest BCUT2D eigenvalue weighted by atomic mass is 16.5. The minimum Gasteiger partial charge on any atom is -0.460 e. The van der Waals surface area contributed by atoms with Crippen LogP contribution in [0.1, 0.15) is 24.0 Å². The van der Waals surface area contributed by atoms with Crippen molar-refractivity contribution >= 4 is 23.5 Å². The number of hydrogen-bond acceptors (Lipinski definition) is 6. The number of hydrogen-bond donors (Lipinski definition) is 0. The lowest BCUT2D eigenvalue weighted by molar-refractivity contribution is -0.155. The Bertz CT molecular complexity index is 873. The molecule has 0 N–H and O–H groups in total. The number of esters is 2. The summed E-state index contributed by atoms with van der Waals surface area (Å²) in [6, 6.07) is 18.4. The van der Waals surface area contributed by atoms with Crippen molar-refractivity contribution in [2.75, 3.05) is 0 Å². The zero-order chi connectivity index (χ0) is 21.1.